The Morgan fingerprint density at radius 3 is 2.47 bits per heavy atom. The maximum atomic E-state index is 11.4. The largest absolute Gasteiger partial charge is 0.284 e. The van der Waals surface area contributed by atoms with Gasteiger partial charge in [0.2, 0.25) is 21.8 Å². The number of sulfonamides is 1. The van der Waals surface area contributed by atoms with Crippen molar-refractivity contribution in [2.45, 2.75) is 25.8 Å². The SMILES string of the molecule is CCCS(=O)(=O)NC1CC(=O)N(C)C1=O. The molecule has 1 aliphatic rings. The Morgan fingerprint density at radius 2 is 2.07 bits per heavy atom. The number of hydrogen-bond donors (Lipinski definition) is 1. The second-order valence-corrected chi connectivity index (χ2v) is 5.36. The molecule has 0 radical (unpaired) electrons. The summed E-state index contributed by atoms with van der Waals surface area (Å²) in [6.07, 6.45) is 0.387. The number of rotatable bonds is 4. The predicted octanol–water partition coefficient (Wildman–Crippen LogP) is -0.927. The number of hydrogen-bond acceptors (Lipinski definition) is 4. The van der Waals surface area contributed by atoms with Crippen molar-refractivity contribution in [2.75, 3.05) is 12.8 Å². The van der Waals surface area contributed by atoms with E-state index >= 15 is 0 Å². The van der Waals surface area contributed by atoms with Gasteiger partial charge in [-0.1, -0.05) is 6.92 Å². The number of nitrogens with zero attached hydrogens (tertiary/aromatic N) is 1. The number of carbonyl (C=O) groups excluding carboxylic acids is 2. The summed E-state index contributed by atoms with van der Waals surface area (Å²) in [6, 6.07) is -0.918. The third kappa shape index (κ3) is 2.75. The van der Waals surface area contributed by atoms with Gasteiger partial charge in [0.15, 0.2) is 0 Å². The monoisotopic (exact) mass is 234 g/mol. The fraction of sp³-hybridized carbons (Fsp3) is 0.750. The van der Waals surface area contributed by atoms with E-state index in [0.717, 1.165) is 4.90 Å². The number of imide groups is 1. The summed E-state index contributed by atoms with van der Waals surface area (Å²) in [6.45, 7) is 1.73. The number of carbonyl (C=O) groups is 2. The van der Waals surface area contributed by atoms with Crippen LogP contribution in [-0.4, -0.2) is 44.0 Å². The highest BCUT2D eigenvalue weighted by molar-refractivity contribution is 7.89. The molecule has 1 rings (SSSR count). The van der Waals surface area contributed by atoms with Gasteiger partial charge in [-0.25, -0.2) is 13.1 Å². The van der Waals surface area contributed by atoms with Gasteiger partial charge in [-0.2, -0.15) is 0 Å². The average molecular weight is 234 g/mol. The highest BCUT2D eigenvalue weighted by Crippen LogP contribution is 2.11. The molecule has 0 bridgehead atoms. The van der Waals surface area contributed by atoms with Crippen LogP contribution in [0.5, 0.6) is 0 Å². The van der Waals surface area contributed by atoms with Crippen molar-refractivity contribution in [1.82, 2.24) is 9.62 Å². The van der Waals surface area contributed by atoms with Crippen LogP contribution < -0.4 is 4.72 Å². The Balaban J connectivity index is 2.69. The molecule has 0 aromatic heterocycles. The van der Waals surface area contributed by atoms with Gasteiger partial charge in [0.1, 0.15) is 6.04 Å². The summed E-state index contributed by atoms with van der Waals surface area (Å²) < 4.78 is 24.9. The lowest BCUT2D eigenvalue weighted by Gasteiger charge is -2.10. The van der Waals surface area contributed by atoms with Crippen molar-refractivity contribution in [3.05, 3.63) is 0 Å². The lowest BCUT2D eigenvalue weighted by atomic mass is 10.3. The van der Waals surface area contributed by atoms with Crippen LogP contribution in [0, 0.1) is 0 Å². The topological polar surface area (TPSA) is 83.6 Å². The van der Waals surface area contributed by atoms with Gasteiger partial charge in [0, 0.05) is 7.05 Å². The first-order chi connectivity index (χ1) is 6.87. The van der Waals surface area contributed by atoms with E-state index < -0.39 is 22.0 Å². The van der Waals surface area contributed by atoms with Gasteiger partial charge >= 0.3 is 0 Å². The first-order valence-corrected chi connectivity index (χ1v) is 6.33. The van der Waals surface area contributed by atoms with Crippen LogP contribution in [0.3, 0.4) is 0 Å². The molecule has 0 aliphatic carbocycles. The van der Waals surface area contributed by atoms with Crippen molar-refractivity contribution in [3.63, 3.8) is 0 Å². The zero-order valence-electron chi connectivity index (χ0n) is 8.69. The molecular weight excluding hydrogens is 220 g/mol. The molecule has 1 aliphatic heterocycles. The molecule has 1 saturated heterocycles. The molecule has 0 saturated carbocycles. The van der Waals surface area contributed by atoms with Crippen molar-refractivity contribution in [3.8, 4) is 0 Å². The van der Waals surface area contributed by atoms with Gasteiger partial charge in [-0.05, 0) is 6.42 Å². The molecule has 0 spiro atoms. The van der Waals surface area contributed by atoms with Crippen LogP contribution in [0.4, 0.5) is 0 Å². The Morgan fingerprint density at radius 1 is 1.47 bits per heavy atom. The molecule has 15 heavy (non-hydrogen) atoms. The Hall–Kier alpha value is -0.950. The molecule has 1 unspecified atom stereocenters. The summed E-state index contributed by atoms with van der Waals surface area (Å²) in [4.78, 5) is 23.4. The maximum absolute atomic E-state index is 11.4. The third-order valence-corrected chi connectivity index (χ3v) is 3.77. The van der Waals surface area contributed by atoms with Gasteiger partial charge < -0.3 is 0 Å². The zero-order chi connectivity index (χ0) is 11.6. The quantitative estimate of drug-likeness (QED) is 0.637. The molecule has 1 atom stereocenters. The molecule has 6 nitrogen and oxygen atoms in total. The van der Waals surface area contributed by atoms with Crippen LogP contribution in [0.25, 0.3) is 0 Å². The minimum Gasteiger partial charge on any atom is -0.284 e. The zero-order valence-corrected chi connectivity index (χ0v) is 9.50. The lowest BCUT2D eigenvalue weighted by molar-refractivity contribution is -0.137. The van der Waals surface area contributed by atoms with Gasteiger partial charge in [0.05, 0.1) is 12.2 Å². The van der Waals surface area contributed by atoms with Crippen molar-refractivity contribution < 1.29 is 18.0 Å². The number of amides is 2. The van der Waals surface area contributed by atoms with Crippen molar-refractivity contribution in [1.29, 1.82) is 0 Å². The molecule has 0 aromatic rings. The maximum Gasteiger partial charge on any atom is 0.247 e. The van der Waals surface area contributed by atoms with E-state index in [1.807, 2.05) is 0 Å². The molecule has 1 N–H and O–H groups in total. The Labute approximate surface area is 88.7 Å². The van der Waals surface area contributed by atoms with E-state index in [1.54, 1.807) is 6.92 Å². The summed E-state index contributed by atoms with van der Waals surface area (Å²) in [5.41, 5.74) is 0. The van der Waals surface area contributed by atoms with Crippen LogP contribution in [-0.2, 0) is 19.6 Å². The van der Waals surface area contributed by atoms with E-state index in [4.69, 9.17) is 0 Å². The highest BCUT2D eigenvalue weighted by Gasteiger charge is 2.37. The van der Waals surface area contributed by atoms with Crippen molar-refractivity contribution in [2.24, 2.45) is 0 Å². The molecular formula is C8H14N2O4S. The minimum absolute atomic E-state index is 0.0331. The lowest BCUT2D eigenvalue weighted by Crippen LogP contribution is -2.41. The van der Waals surface area contributed by atoms with Gasteiger partial charge in [0.25, 0.3) is 0 Å². The van der Waals surface area contributed by atoms with Crippen LogP contribution >= 0.6 is 0 Å². The van der Waals surface area contributed by atoms with E-state index in [-0.39, 0.29) is 18.1 Å². The Kier molecular flexibility index (Phi) is 3.46. The fourth-order valence-corrected chi connectivity index (χ4v) is 2.66. The number of nitrogens with one attached hydrogen (secondary N) is 1. The smallest absolute Gasteiger partial charge is 0.247 e. The molecule has 86 valence electrons. The minimum atomic E-state index is -3.44. The molecule has 7 heteroatoms. The third-order valence-electron chi connectivity index (χ3n) is 2.18. The van der Waals surface area contributed by atoms with Crippen LogP contribution in [0.15, 0.2) is 0 Å². The summed E-state index contributed by atoms with van der Waals surface area (Å²) in [5.74, 6) is -0.877. The summed E-state index contributed by atoms with van der Waals surface area (Å²) >= 11 is 0. The van der Waals surface area contributed by atoms with E-state index in [1.165, 1.54) is 7.05 Å². The van der Waals surface area contributed by atoms with E-state index in [0.29, 0.717) is 6.42 Å². The molecule has 1 heterocycles. The number of likely N-dealkylation sites (tertiary alicyclic amines) is 1. The second kappa shape index (κ2) is 4.28. The van der Waals surface area contributed by atoms with Gasteiger partial charge in [-0.15, -0.1) is 0 Å². The first kappa shape index (κ1) is 12.1. The molecule has 1 fully saturated rings. The highest BCUT2D eigenvalue weighted by atomic mass is 32.2. The van der Waals surface area contributed by atoms with Crippen LogP contribution in [0.2, 0.25) is 0 Å². The number of likely N-dealkylation sites (N-methyl/N-ethyl adjacent to an activating group) is 1. The fourth-order valence-electron chi connectivity index (χ4n) is 1.39. The normalized spacial score (nSPS) is 22.5. The van der Waals surface area contributed by atoms with E-state index in [2.05, 4.69) is 4.72 Å². The molecule has 2 amide bonds. The van der Waals surface area contributed by atoms with Crippen LogP contribution in [0.1, 0.15) is 19.8 Å². The van der Waals surface area contributed by atoms with Gasteiger partial charge in [-0.3, -0.25) is 14.5 Å². The summed E-state index contributed by atoms with van der Waals surface area (Å²) in [5, 5.41) is 0. The molecule has 0 aromatic carbocycles. The van der Waals surface area contributed by atoms with E-state index in [9.17, 15) is 18.0 Å². The standard InChI is InChI=1S/C8H14N2O4S/c1-3-4-15(13,14)9-6-5-7(11)10(2)8(6)12/h6,9H,3-5H2,1-2H3. The summed E-state index contributed by atoms with van der Waals surface area (Å²) in [7, 11) is -2.10. The second-order valence-electron chi connectivity index (χ2n) is 3.48. The predicted molar refractivity (Wildman–Crippen MR) is 53.4 cm³/mol. The Bertz CT molecular complexity index is 376. The van der Waals surface area contributed by atoms with Crippen molar-refractivity contribution >= 4 is 21.8 Å². The first-order valence-electron chi connectivity index (χ1n) is 4.68. The average Bonchev–Trinajstić information content (AvgIpc) is 2.33.